The fourth-order valence-electron chi connectivity index (χ4n) is 3.30. The molecule has 1 amide bonds. The van der Waals surface area contributed by atoms with E-state index in [9.17, 15) is 9.90 Å². The van der Waals surface area contributed by atoms with Crippen LogP contribution in [0, 0.1) is 0 Å². The van der Waals surface area contributed by atoms with Gasteiger partial charge in [-0.2, -0.15) is 0 Å². The molecule has 1 heterocycles. The van der Waals surface area contributed by atoms with E-state index in [0.717, 1.165) is 62.1 Å². The number of hydrogen-bond donors (Lipinski definition) is 1. The molecule has 0 radical (unpaired) electrons. The highest BCUT2D eigenvalue weighted by molar-refractivity contribution is 5.77. The number of aliphatic hydroxyl groups is 1. The highest BCUT2D eigenvalue weighted by atomic mass is 16.5. The zero-order valence-corrected chi connectivity index (χ0v) is 12.4. The highest BCUT2D eigenvalue weighted by Gasteiger charge is 2.22. The average molecular weight is 289 g/mol. The molecule has 1 aromatic carbocycles. The number of ether oxygens (including phenoxy) is 1. The molecule has 4 heteroatoms. The summed E-state index contributed by atoms with van der Waals surface area (Å²) >= 11 is 0. The Morgan fingerprint density at radius 1 is 1.24 bits per heavy atom. The first-order valence-electron chi connectivity index (χ1n) is 7.96. The molecule has 1 aromatic rings. The molecule has 1 N–H and O–H groups in total. The monoisotopic (exact) mass is 289 g/mol. The lowest BCUT2D eigenvalue weighted by Gasteiger charge is -2.27. The predicted molar refractivity (Wildman–Crippen MR) is 80.3 cm³/mol. The first-order valence-corrected chi connectivity index (χ1v) is 7.96. The normalized spacial score (nSPS) is 21.8. The number of benzene rings is 1. The number of carbonyl (C=O) groups is 1. The van der Waals surface area contributed by atoms with E-state index in [1.165, 1.54) is 6.42 Å². The van der Waals surface area contributed by atoms with Gasteiger partial charge in [0.2, 0.25) is 0 Å². The summed E-state index contributed by atoms with van der Waals surface area (Å²) in [6, 6.07) is 5.76. The Morgan fingerprint density at radius 2 is 2.05 bits per heavy atom. The molecule has 1 fully saturated rings. The van der Waals surface area contributed by atoms with Gasteiger partial charge in [-0.1, -0.05) is 12.1 Å². The Morgan fingerprint density at radius 3 is 2.86 bits per heavy atom. The Bertz CT molecular complexity index is 509. The largest absolute Gasteiger partial charge is 0.483 e. The van der Waals surface area contributed by atoms with Crippen LogP contribution in [0.25, 0.3) is 0 Å². The molecule has 1 unspecified atom stereocenters. The maximum absolute atomic E-state index is 12.2. The number of aliphatic hydroxyl groups excluding tert-OH is 1. The number of hydrogen-bond acceptors (Lipinski definition) is 3. The van der Waals surface area contributed by atoms with Crippen LogP contribution in [0.3, 0.4) is 0 Å². The van der Waals surface area contributed by atoms with E-state index in [1.807, 2.05) is 23.1 Å². The Hall–Kier alpha value is -1.55. The van der Waals surface area contributed by atoms with E-state index in [0.29, 0.717) is 0 Å². The lowest BCUT2D eigenvalue weighted by Crippen LogP contribution is -2.38. The summed E-state index contributed by atoms with van der Waals surface area (Å²) in [5.41, 5.74) is 2.03. The van der Waals surface area contributed by atoms with Gasteiger partial charge in [0, 0.05) is 13.1 Å². The summed E-state index contributed by atoms with van der Waals surface area (Å²) in [5.74, 6) is 0.834. The molecule has 0 saturated carbocycles. The molecular formula is C17H23NO3. The van der Waals surface area contributed by atoms with Crippen molar-refractivity contribution in [2.24, 2.45) is 0 Å². The van der Waals surface area contributed by atoms with Gasteiger partial charge in [0.05, 0.1) is 6.10 Å². The van der Waals surface area contributed by atoms with Gasteiger partial charge in [-0.25, -0.2) is 0 Å². The van der Waals surface area contributed by atoms with Crippen LogP contribution in [0.4, 0.5) is 0 Å². The van der Waals surface area contributed by atoms with Gasteiger partial charge in [-0.3, -0.25) is 4.79 Å². The molecule has 2 aliphatic rings. The predicted octanol–water partition coefficient (Wildman–Crippen LogP) is 2.45. The summed E-state index contributed by atoms with van der Waals surface area (Å²) in [4.78, 5) is 14.1. The van der Waals surface area contributed by atoms with Gasteiger partial charge < -0.3 is 14.7 Å². The molecule has 0 spiro atoms. The van der Waals surface area contributed by atoms with Gasteiger partial charge in [0.1, 0.15) is 5.75 Å². The molecule has 1 aliphatic heterocycles. The van der Waals surface area contributed by atoms with Gasteiger partial charge >= 0.3 is 0 Å². The van der Waals surface area contributed by atoms with Crippen LogP contribution >= 0.6 is 0 Å². The maximum atomic E-state index is 12.2. The Kier molecular flexibility index (Phi) is 4.44. The van der Waals surface area contributed by atoms with Gasteiger partial charge in [0.15, 0.2) is 6.61 Å². The van der Waals surface area contributed by atoms with Crippen LogP contribution in [0.1, 0.15) is 49.3 Å². The number of piperidine rings is 1. The minimum absolute atomic E-state index is 0.0728. The van der Waals surface area contributed by atoms with E-state index >= 15 is 0 Å². The Balaban J connectivity index is 1.65. The highest BCUT2D eigenvalue weighted by Crippen LogP contribution is 2.35. The van der Waals surface area contributed by atoms with Crippen molar-refractivity contribution in [1.82, 2.24) is 4.90 Å². The van der Waals surface area contributed by atoms with Crippen LogP contribution in [0.2, 0.25) is 0 Å². The SMILES string of the molecule is O=C(COc1cccc2c1CCCC2O)N1CCCCC1. The number of amides is 1. The fourth-order valence-corrected chi connectivity index (χ4v) is 3.30. The summed E-state index contributed by atoms with van der Waals surface area (Å²) in [6.45, 7) is 1.81. The number of fused-ring (bicyclic) bond motifs is 1. The second-order valence-electron chi connectivity index (χ2n) is 5.96. The van der Waals surface area contributed by atoms with Crippen molar-refractivity contribution in [2.75, 3.05) is 19.7 Å². The van der Waals surface area contributed by atoms with Crippen molar-refractivity contribution in [1.29, 1.82) is 0 Å². The zero-order valence-electron chi connectivity index (χ0n) is 12.4. The van der Waals surface area contributed by atoms with Gasteiger partial charge in [-0.15, -0.1) is 0 Å². The van der Waals surface area contributed by atoms with Crippen LogP contribution in [-0.2, 0) is 11.2 Å². The van der Waals surface area contributed by atoms with Crippen LogP contribution in [0.5, 0.6) is 5.75 Å². The summed E-state index contributed by atoms with van der Waals surface area (Å²) in [7, 11) is 0. The number of rotatable bonds is 3. The molecule has 0 bridgehead atoms. The lowest BCUT2D eigenvalue weighted by molar-refractivity contribution is -0.134. The van der Waals surface area contributed by atoms with E-state index < -0.39 is 6.10 Å². The third-order valence-electron chi connectivity index (χ3n) is 4.49. The molecule has 0 aromatic heterocycles. The van der Waals surface area contributed by atoms with E-state index in [2.05, 4.69) is 0 Å². The average Bonchev–Trinajstić information content (AvgIpc) is 2.54. The van der Waals surface area contributed by atoms with Gasteiger partial charge in [-0.05, 0) is 55.7 Å². The van der Waals surface area contributed by atoms with E-state index in [-0.39, 0.29) is 12.5 Å². The van der Waals surface area contributed by atoms with Gasteiger partial charge in [0.25, 0.3) is 5.91 Å². The van der Waals surface area contributed by atoms with Crippen molar-refractivity contribution in [3.63, 3.8) is 0 Å². The molecule has 4 nitrogen and oxygen atoms in total. The standard InChI is InChI=1S/C17H23NO3/c19-15-8-4-7-14-13(15)6-5-9-16(14)21-12-17(20)18-10-2-1-3-11-18/h5-6,9,15,19H,1-4,7-8,10-12H2. The molecule has 114 valence electrons. The Labute approximate surface area is 125 Å². The van der Waals surface area contributed by atoms with E-state index in [4.69, 9.17) is 4.74 Å². The van der Waals surface area contributed by atoms with Crippen molar-refractivity contribution < 1.29 is 14.6 Å². The van der Waals surface area contributed by atoms with Crippen molar-refractivity contribution in [3.05, 3.63) is 29.3 Å². The van der Waals surface area contributed by atoms with E-state index in [1.54, 1.807) is 0 Å². The lowest BCUT2D eigenvalue weighted by atomic mass is 9.89. The van der Waals surface area contributed by atoms with Crippen molar-refractivity contribution in [3.8, 4) is 5.75 Å². The van der Waals surface area contributed by atoms with Crippen LogP contribution in [0.15, 0.2) is 18.2 Å². The number of likely N-dealkylation sites (tertiary alicyclic amines) is 1. The van der Waals surface area contributed by atoms with Crippen molar-refractivity contribution in [2.45, 2.75) is 44.6 Å². The van der Waals surface area contributed by atoms with Crippen LogP contribution < -0.4 is 4.74 Å². The molecule has 1 aliphatic carbocycles. The summed E-state index contributed by atoms with van der Waals surface area (Å²) < 4.78 is 5.77. The first kappa shape index (κ1) is 14.4. The maximum Gasteiger partial charge on any atom is 0.260 e. The third kappa shape index (κ3) is 3.21. The second kappa shape index (κ2) is 6.48. The third-order valence-corrected chi connectivity index (χ3v) is 4.49. The molecule has 21 heavy (non-hydrogen) atoms. The first-order chi connectivity index (χ1) is 10.3. The van der Waals surface area contributed by atoms with Crippen LogP contribution in [-0.4, -0.2) is 35.6 Å². The fraction of sp³-hybridized carbons (Fsp3) is 0.588. The minimum Gasteiger partial charge on any atom is -0.483 e. The summed E-state index contributed by atoms with van der Waals surface area (Å²) in [6.07, 6.45) is 5.71. The number of nitrogens with zero attached hydrogens (tertiary/aromatic N) is 1. The zero-order chi connectivity index (χ0) is 14.7. The summed E-state index contributed by atoms with van der Waals surface area (Å²) in [5, 5.41) is 10.0. The topological polar surface area (TPSA) is 49.8 Å². The molecule has 3 rings (SSSR count). The van der Waals surface area contributed by atoms with Crippen molar-refractivity contribution >= 4 is 5.91 Å². The second-order valence-corrected chi connectivity index (χ2v) is 5.96. The minimum atomic E-state index is -0.393. The molecule has 1 saturated heterocycles. The quantitative estimate of drug-likeness (QED) is 0.930. The number of carbonyl (C=O) groups excluding carboxylic acids is 1. The molecular weight excluding hydrogens is 266 g/mol. The smallest absolute Gasteiger partial charge is 0.260 e. The molecule has 1 atom stereocenters.